The average Bonchev–Trinajstić information content (AvgIpc) is 2.41. The second-order valence-corrected chi connectivity index (χ2v) is 8.61. The SMILES string of the molecule is CCCC(C)CCC(CC(S)CC)C(C)CCC1CCC1. The van der Waals surface area contributed by atoms with Gasteiger partial charge in [-0.2, -0.15) is 12.6 Å². The highest BCUT2D eigenvalue weighted by Gasteiger charge is 2.23. The van der Waals surface area contributed by atoms with E-state index in [0.29, 0.717) is 5.25 Å². The Morgan fingerprint density at radius 1 is 1.00 bits per heavy atom. The number of rotatable bonds is 12. The zero-order chi connectivity index (χ0) is 15.7. The maximum atomic E-state index is 4.79. The second kappa shape index (κ2) is 11.0. The molecule has 0 radical (unpaired) electrons. The zero-order valence-corrected chi connectivity index (χ0v) is 16.0. The summed E-state index contributed by atoms with van der Waals surface area (Å²) >= 11 is 4.79. The Balaban J connectivity index is 2.37. The van der Waals surface area contributed by atoms with Crippen LogP contribution in [-0.4, -0.2) is 5.25 Å². The summed E-state index contributed by atoms with van der Waals surface area (Å²) in [6.07, 6.45) is 15.6. The summed E-state index contributed by atoms with van der Waals surface area (Å²) in [4.78, 5) is 0. The molecule has 0 aromatic carbocycles. The number of hydrogen-bond donors (Lipinski definition) is 1. The van der Waals surface area contributed by atoms with Crippen LogP contribution < -0.4 is 0 Å². The molecule has 1 aliphatic rings. The Hall–Kier alpha value is 0.350. The van der Waals surface area contributed by atoms with E-state index in [4.69, 9.17) is 12.6 Å². The van der Waals surface area contributed by atoms with E-state index >= 15 is 0 Å². The molecule has 1 aliphatic carbocycles. The first-order valence-corrected chi connectivity index (χ1v) is 10.3. The molecule has 0 N–H and O–H groups in total. The van der Waals surface area contributed by atoms with Gasteiger partial charge in [-0.3, -0.25) is 0 Å². The van der Waals surface area contributed by atoms with Crippen LogP contribution in [0.3, 0.4) is 0 Å². The first-order valence-electron chi connectivity index (χ1n) is 9.74. The fourth-order valence-electron chi connectivity index (χ4n) is 3.80. The Morgan fingerprint density at radius 3 is 2.24 bits per heavy atom. The highest BCUT2D eigenvalue weighted by atomic mass is 32.1. The lowest BCUT2D eigenvalue weighted by molar-refractivity contribution is 0.224. The molecule has 0 bridgehead atoms. The summed E-state index contributed by atoms with van der Waals surface area (Å²) in [7, 11) is 0. The summed E-state index contributed by atoms with van der Waals surface area (Å²) in [5.41, 5.74) is 0. The van der Waals surface area contributed by atoms with Crippen molar-refractivity contribution in [2.75, 3.05) is 0 Å². The summed E-state index contributed by atoms with van der Waals surface area (Å²) < 4.78 is 0. The van der Waals surface area contributed by atoms with E-state index in [2.05, 4.69) is 27.7 Å². The molecule has 126 valence electrons. The minimum atomic E-state index is 0.614. The Morgan fingerprint density at radius 2 is 1.71 bits per heavy atom. The molecule has 0 aromatic heterocycles. The quantitative estimate of drug-likeness (QED) is 0.364. The predicted octanol–water partition coefficient (Wildman–Crippen LogP) is 7.13. The lowest BCUT2D eigenvalue weighted by atomic mass is 9.76. The third-order valence-corrected chi connectivity index (χ3v) is 6.49. The minimum Gasteiger partial charge on any atom is -0.176 e. The van der Waals surface area contributed by atoms with Gasteiger partial charge < -0.3 is 0 Å². The van der Waals surface area contributed by atoms with Gasteiger partial charge in [-0.1, -0.05) is 79.1 Å². The van der Waals surface area contributed by atoms with Crippen molar-refractivity contribution in [2.24, 2.45) is 23.7 Å². The fourth-order valence-corrected chi connectivity index (χ4v) is 4.07. The first-order chi connectivity index (χ1) is 10.1. The summed E-state index contributed by atoms with van der Waals surface area (Å²) in [6.45, 7) is 9.56. The van der Waals surface area contributed by atoms with Crippen LogP contribution >= 0.6 is 12.6 Å². The molecule has 0 heterocycles. The Kier molecular flexibility index (Phi) is 10.1. The molecule has 0 aromatic rings. The van der Waals surface area contributed by atoms with E-state index in [1.807, 2.05) is 0 Å². The second-order valence-electron chi connectivity index (χ2n) is 7.88. The molecule has 1 rings (SSSR count). The van der Waals surface area contributed by atoms with Gasteiger partial charge in [0.25, 0.3) is 0 Å². The van der Waals surface area contributed by atoms with E-state index in [0.717, 1.165) is 23.7 Å². The summed E-state index contributed by atoms with van der Waals surface area (Å²) in [6, 6.07) is 0. The molecule has 0 spiro atoms. The van der Waals surface area contributed by atoms with Crippen LogP contribution in [0.15, 0.2) is 0 Å². The first kappa shape index (κ1) is 19.4. The van der Waals surface area contributed by atoms with Crippen molar-refractivity contribution in [3.63, 3.8) is 0 Å². The molecule has 1 heteroatoms. The largest absolute Gasteiger partial charge is 0.176 e. The van der Waals surface area contributed by atoms with E-state index in [1.54, 1.807) is 0 Å². The summed E-state index contributed by atoms with van der Waals surface area (Å²) in [5.74, 6) is 3.80. The Labute approximate surface area is 140 Å². The van der Waals surface area contributed by atoms with E-state index < -0.39 is 0 Å². The maximum absolute atomic E-state index is 4.79. The van der Waals surface area contributed by atoms with Crippen molar-refractivity contribution >= 4 is 12.6 Å². The van der Waals surface area contributed by atoms with Gasteiger partial charge in [0, 0.05) is 5.25 Å². The minimum absolute atomic E-state index is 0.614. The van der Waals surface area contributed by atoms with E-state index in [9.17, 15) is 0 Å². The summed E-state index contributed by atoms with van der Waals surface area (Å²) in [5, 5.41) is 0.614. The van der Waals surface area contributed by atoms with Gasteiger partial charge in [0.1, 0.15) is 0 Å². The van der Waals surface area contributed by atoms with Crippen LogP contribution in [-0.2, 0) is 0 Å². The molecule has 21 heavy (non-hydrogen) atoms. The predicted molar refractivity (Wildman–Crippen MR) is 100 cm³/mol. The highest BCUT2D eigenvalue weighted by molar-refractivity contribution is 7.80. The lowest BCUT2D eigenvalue weighted by Crippen LogP contribution is -2.20. The lowest BCUT2D eigenvalue weighted by Gasteiger charge is -2.31. The van der Waals surface area contributed by atoms with Gasteiger partial charge in [0.05, 0.1) is 0 Å². The third-order valence-electron chi connectivity index (χ3n) is 5.92. The van der Waals surface area contributed by atoms with Crippen molar-refractivity contribution in [3.8, 4) is 0 Å². The van der Waals surface area contributed by atoms with Crippen molar-refractivity contribution in [1.29, 1.82) is 0 Å². The van der Waals surface area contributed by atoms with Crippen molar-refractivity contribution < 1.29 is 0 Å². The van der Waals surface area contributed by atoms with Gasteiger partial charge in [0.2, 0.25) is 0 Å². The monoisotopic (exact) mass is 312 g/mol. The van der Waals surface area contributed by atoms with Gasteiger partial charge in [-0.15, -0.1) is 0 Å². The topological polar surface area (TPSA) is 0 Å². The molecule has 0 amide bonds. The van der Waals surface area contributed by atoms with Gasteiger partial charge >= 0.3 is 0 Å². The molecular weight excluding hydrogens is 272 g/mol. The standard InChI is InChI=1S/C20H40S/c1-5-8-16(3)11-14-19(15-20(21)6-2)17(4)12-13-18-9-7-10-18/h16-21H,5-15H2,1-4H3. The molecule has 0 nitrogen and oxygen atoms in total. The molecule has 1 saturated carbocycles. The molecule has 4 atom stereocenters. The molecule has 1 fully saturated rings. The zero-order valence-electron chi connectivity index (χ0n) is 15.1. The maximum Gasteiger partial charge on any atom is 0.00169 e. The van der Waals surface area contributed by atoms with Crippen molar-refractivity contribution in [1.82, 2.24) is 0 Å². The van der Waals surface area contributed by atoms with Gasteiger partial charge in [0.15, 0.2) is 0 Å². The van der Waals surface area contributed by atoms with Gasteiger partial charge in [-0.25, -0.2) is 0 Å². The van der Waals surface area contributed by atoms with Crippen molar-refractivity contribution in [2.45, 2.75) is 104 Å². The van der Waals surface area contributed by atoms with Crippen LogP contribution in [0.25, 0.3) is 0 Å². The molecule has 0 saturated heterocycles. The smallest absolute Gasteiger partial charge is 0.00169 e. The average molecular weight is 313 g/mol. The van der Waals surface area contributed by atoms with Crippen LogP contribution in [0.1, 0.15) is 98.3 Å². The normalized spacial score (nSPS) is 21.6. The van der Waals surface area contributed by atoms with Crippen LogP contribution in [0, 0.1) is 23.7 Å². The van der Waals surface area contributed by atoms with E-state index in [-0.39, 0.29) is 0 Å². The third kappa shape index (κ3) is 7.95. The van der Waals surface area contributed by atoms with Crippen molar-refractivity contribution in [3.05, 3.63) is 0 Å². The molecular formula is C20H40S. The molecule has 0 aliphatic heterocycles. The van der Waals surface area contributed by atoms with Crippen LogP contribution in [0.4, 0.5) is 0 Å². The van der Waals surface area contributed by atoms with E-state index in [1.165, 1.54) is 70.6 Å². The Bertz CT molecular complexity index is 246. The van der Waals surface area contributed by atoms with Gasteiger partial charge in [-0.05, 0) is 42.9 Å². The van der Waals surface area contributed by atoms with Crippen LogP contribution in [0.2, 0.25) is 0 Å². The van der Waals surface area contributed by atoms with Crippen LogP contribution in [0.5, 0.6) is 0 Å². The molecule has 4 unspecified atom stereocenters. The fraction of sp³-hybridized carbons (Fsp3) is 1.00. The number of thiol groups is 1. The highest BCUT2D eigenvalue weighted by Crippen LogP contribution is 2.36. The number of hydrogen-bond acceptors (Lipinski definition) is 1.